The Morgan fingerprint density at radius 1 is 1.44 bits per heavy atom. The lowest BCUT2D eigenvalue weighted by Crippen LogP contribution is -2.06. The summed E-state index contributed by atoms with van der Waals surface area (Å²) in [6, 6.07) is 5.91. The number of fused-ring (bicyclic) bond motifs is 1. The third kappa shape index (κ3) is 1.66. The Kier molecular flexibility index (Phi) is 3.08. The minimum absolute atomic E-state index is 0.598. The zero-order valence-corrected chi connectivity index (χ0v) is 10.2. The maximum atomic E-state index is 6.34. The van der Waals surface area contributed by atoms with Crippen LogP contribution in [-0.2, 0) is 13.5 Å². The molecule has 1 heterocycles. The number of nitrogens with zero attached hydrogens (tertiary/aromatic N) is 1. The molecule has 0 spiro atoms. The number of aromatic nitrogens is 1. The van der Waals surface area contributed by atoms with Gasteiger partial charge in [-0.05, 0) is 24.7 Å². The van der Waals surface area contributed by atoms with Crippen molar-refractivity contribution in [2.45, 2.75) is 6.42 Å². The first-order valence-electron chi connectivity index (χ1n) is 5.20. The van der Waals surface area contributed by atoms with Gasteiger partial charge >= 0.3 is 0 Å². The largest absolute Gasteiger partial charge is 0.497 e. The summed E-state index contributed by atoms with van der Waals surface area (Å²) in [7, 11) is 3.66. The van der Waals surface area contributed by atoms with Crippen LogP contribution in [0.3, 0.4) is 0 Å². The SMILES string of the molecule is COc1ccc2c(c1)c(Cl)c(CCN)n2C. The monoisotopic (exact) mass is 238 g/mol. The van der Waals surface area contributed by atoms with Crippen LogP contribution >= 0.6 is 11.6 Å². The third-order valence-electron chi connectivity index (χ3n) is 2.84. The molecular weight excluding hydrogens is 224 g/mol. The lowest BCUT2D eigenvalue weighted by Gasteiger charge is -2.02. The van der Waals surface area contributed by atoms with Gasteiger partial charge in [-0.25, -0.2) is 0 Å². The second-order valence-electron chi connectivity index (χ2n) is 3.74. The lowest BCUT2D eigenvalue weighted by atomic mass is 10.2. The van der Waals surface area contributed by atoms with Gasteiger partial charge in [-0.1, -0.05) is 11.6 Å². The Hall–Kier alpha value is -1.19. The van der Waals surface area contributed by atoms with E-state index in [2.05, 4.69) is 4.57 Å². The van der Waals surface area contributed by atoms with Crippen LogP contribution in [0.25, 0.3) is 10.9 Å². The van der Waals surface area contributed by atoms with Gasteiger partial charge in [0.15, 0.2) is 0 Å². The predicted octanol–water partition coefficient (Wildman–Crippen LogP) is 2.34. The molecule has 0 unspecified atom stereocenters. The molecule has 2 N–H and O–H groups in total. The summed E-state index contributed by atoms with van der Waals surface area (Å²) in [5, 5.41) is 1.80. The van der Waals surface area contributed by atoms with Crippen LogP contribution < -0.4 is 10.5 Å². The van der Waals surface area contributed by atoms with Crippen molar-refractivity contribution in [3.8, 4) is 5.75 Å². The van der Waals surface area contributed by atoms with Crippen molar-refractivity contribution in [2.24, 2.45) is 12.8 Å². The summed E-state index contributed by atoms with van der Waals surface area (Å²) in [6.45, 7) is 0.598. The van der Waals surface area contributed by atoms with Crippen molar-refractivity contribution in [3.63, 3.8) is 0 Å². The van der Waals surface area contributed by atoms with Crippen LogP contribution in [0.2, 0.25) is 5.02 Å². The molecule has 1 aromatic heterocycles. The normalized spacial score (nSPS) is 11.0. The number of benzene rings is 1. The molecule has 0 saturated heterocycles. The first-order chi connectivity index (χ1) is 7.69. The van der Waals surface area contributed by atoms with Gasteiger partial charge in [0.1, 0.15) is 5.75 Å². The topological polar surface area (TPSA) is 40.2 Å². The molecular formula is C12H15ClN2O. The second kappa shape index (κ2) is 4.36. The summed E-state index contributed by atoms with van der Waals surface area (Å²) in [5.74, 6) is 0.819. The van der Waals surface area contributed by atoms with E-state index in [1.165, 1.54) is 0 Å². The molecule has 0 saturated carbocycles. The van der Waals surface area contributed by atoms with E-state index >= 15 is 0 Å². The van der Waals surface area contributed by atoms with Gasteiger partial charge in [0.25, 0.3) is 0 Å². The number of hydrogen-bond donors (Lipinski definition) is 1. The summed E-state index contributed by atoms with van der Waals surface area (Å²) >= 11 is 6.34. The Balaban J connectivity index is 2.67. The van der Waals surface area contributed by atoms with Crippen molar-refractivity contribution in [1.29, 1.82) is 0 Å². The standard InChI is InChI=1S/C12H15ClN2O/c1-15-10-4-3-8(16-2)7-9(10)12(13)11(15)5-6-14/h3-4,7H,5-6,14H2,1-2H3. The Labute approximate surface area is 99.7 Å². The molecule has 86 valence electrons. The van der Waals surface area contributed by atoms with Crippen LogP contribution in [0.1, 0.15) is 5.69 Å². The minimum Gasteiger partial charge on any atom is -0.497 e. The number of nitrogens with two attached hydrogens (primary N) is 1. The van der Waals surface area contributed by atoms with Crippen molar-refractivity contribution in [2.75, 3.05) is 13.7 Å². The number of aryl methyl sites for hydroxylation is 1. The molecule has 1 aromatic carbocycles. The summed E-state index contributed by atoms with van der Waals surface area (Å²) in [5.41, 5.74) is 7.76. The maximum Gasteiger partial charge on any atom is 0.119 e. The molecule has 0 atom stereocenters. The van der Waals surface area contributed by atoms with E-state index in [4.69, 9.17) is 22.1 Å². The zero-order chi connectivity index (χ0) is 11.7. The molecule has 4 heteroatoms. The van der Waals surface area contributed by atoms with Gasteiger partial charge in [0, 0.05) is 30.1 Å². The Bertz CT molecular complexity index is 519. The highest BCUT2D eigenvalue weighted by Crippen LogP contribution is 2.32. The minimum atomic E-state index is 0.598. The van der Waals surface area contributed by atoms with Gasteiger partial charge in [0.2, 0.25) is 0 Å². The van der Waals surface area contributed by atoms with Crippen LogP contribution in [0.5, 0.6) is 5.75 Å². The highest BCUT2D eigenvalue weighted by Gasteiger charge is 2.13. The molecule has 3 nitrogen and oxygen atoms in total. The Morgan fingerprint density at radius 2 is 2.19 bits per heavy atom. The summed E-state index contributed by atoms with van der Waals surface area (Å²) < 4.78 is 7.28. The third-order valence-corrected chi connectivity index (χ3v) is 3.26. The van der Waals surface area contributed by atoms with Gasteiger partial charge in [-0.15, -0.1) is 0 Å². The molecule has 0 aliphatic rings. The van der Waals surface area contributed by atoms with Crippen molar-refractivity contribution in [1.82, 2.24) is 4.57 Å². The Morgan fingerprint density at radius 3 is 2.81 bits per heavy atom. The molecule has 0 amide bonds. The molecule has 0 radical (unpaired) electrons. The fourth-order valence-electron chi connectivity index (χ4n) is 1.97. The van der Waals surface area contributed by atoms with Crippen molar-refractivity contribution >= 4 is 22.5 Å². The molecule has 16 heavy (non-hydrogen) atoms. The van der Waals surface area contributed by atoms with Crippen LogP contribution in [0, 0.1) is 0 Å². The maximum absolute atomic E-state index is 6.34. The van der Waals surface area contributed by atoms with Gasteiger partial charge in [0.05, 0.1) is 12.1 Å². The number of ether oxygens (including phenoxy) is 1. The van der Waals surface area contributed by atoms with E-state index in [0.717, 1.165) is 33.8 Å². The first-order valence-corrected chi connectivity index (χ1v) is 5.57. The second-order valence-corrected chi connectivity index (χ2v) is 4.12. The van der Waals surface area contributed by atoms with Crippen molar-refractivity contribution < 1.29 is 4.74 Å². The molecule has 2 aromatic rings. The zero-order valence-electron chi connectivity index (χ0n) is 9.46. The molecule has 2 rings (SSSR count). The first kappa shape index (κ1) is 11.3. The highest BCUT2D eigenvalue weighted by molar-refractivity contribution is 6.36. The number of rotatable bonds is 3. The summed E-state index contributed by atoms with van der Waals surface area (Å²) in [6.07, 6.45) is 0.784. The van der Waals surface area contributed by atoms with E-state index in [9.17, 15) is 0 Å². The number of methoxy groups -OCH3 is 1. The predicted molar refractivity (Wildman–Crippen MR) is 67.2 cm³/mol. The highest BCUT2D eigenvalue weighted by atomic mass is 35.5. The van der Waals surface area contributed by atoms with E-state index < -0.39 is 0 Å². The summed E-state index contributed by atoms with van der Waals surface area (Å²) in [4.78, 5) is 0. The smallest absolute Gasteiger partial charge is 0.119 e. The fourth-order valence-corrected chi connectivity index (χ4v) is 2.35. The van der Waals surface area contributed by atoms with E-state index in [0.29, 0.717) is 6.54 Å². The van der Waals surface area contributed by atoms with Crippen LogP contribution in [0.4, 0.5) is 0 Å². The van der Waals surface area contributed by atoms with Crippen LogP contribution in [-0.4, -0.2) is 18.2 Å². The van der Waals surface area contributed by atoms with Gasteiger partial charge in [-0.2, -0.15) is 0 Å². The van der Waals surface area contributed by atoms with Crippen molar-refractivity contribution in [3.05, 3.63) is 28.9 Å². The average molecular weight is 239 g/mol. The van der Waals surface area contributed by atoms with E-state index in [1.54, 1.807) is 7.11 Å². The number of halogens is 1. The fraction of sp³-hybridized carbons (Fsp3) is 0.333. The molecule has 0 fully saturated rings. The average Bonchev–Trinajstić information content (AvgIpc) is 2.54. The quantitative estimate of drug-likeness (QED) is 0.892. The molecule has 0 aliphatic carbocycles. The van der Waals surface area contributed by atoms with E-state index in [-0.39, 0.29) is 0 Å². The van der Waals surface area contributed by atoms with Gasteiger partial charge in [-0.3, -0.25) is 0 Å². The molecule has 0 bridgehead atoms. The lowest BCUT2D eigenvalue weighted by molar-refractivity contribution is 0.415. The number of hydrogen-bond acceptors (Lipinski definition) is 2. The molecule has 0 aliphatic heterocycles. The van der Waals surface area contributed by atoms with E-state index in [1.807, 2.05) is 25.2 Å². The van der Waals surface area contributed by atoms with Gasteiger partial charge < -0.3 is 15.0 Å². The van der Waals surface area contributed by atoms with Crippen LogP contribution in [0.15, 0.2) is 18.2 Å².